The van der Waals surface area contributed by atoms with E-state index in [2.05, 4.69) is 102 Å². The molecule has 0 fully saturated rings. The van der Waals surface area contributed by atoms with E-state index in [4.69, 9.17) is 4.74 Å². The fourth-order valence-electron chi connectivity index (χ4n) is 3.96. The highest BCUT2D eigenvalue weighted by Crippen LogP contribution is 2.41. The van der Waals surface area contributed by atoms with E-state index >= 15 is 0 Å². The van der Waals surface area contributed by atoms with Crippen molar-refractivity contribution in [1.29, 1.82) is 0 Å². The Kier molecular flexibility index (Phi) is 10.9. The molecule has 0 aliphatic heterocycles. The van der Waals surface area contributed by atoms with E-state index in [0.717, 1.165) is 18.7 Å². The molecule has 2 aromatic carbocycles. The van der Waals surface area contributed by atoms with Gasteiger partial charge >= 0.3 is 0 Å². The van der Waals surface area contributed by atoms with Crippen molar-refractivity contribution < 1.29 is 9.84 Å². The molecule has 3 nitrogen and oxygen atoms in total. The zero-order valence-corrected chi connectivity index (χ0v) is 22.6. The maximum absolute atomic E-state index is 10.6. The van der Waals surface area contributed by atoms with Gasteiger partial charge in [-0.3, -0.25) is 0 Å². The Hall–Kier alpha value is -2.10. The monoisotopic (exact) mass is 465 g/mol. The Bertz CT molecular complexity index is 853. The molecular weight excluding hydrogens is 418 g/mol. The second-order valence-electron chi connectivity index (χ2n) is 11.4. The van der Waals surface area contributed by atoms with Crippen LogP contribution >= 0.6 is 0 Å². The first-order valence-corrected chi connectivity index (χ1v) is 13.0. The number of hydrogen-bond donors (Lipinski definition) is 2. The second kappa shape index (κ2) is 13.1. The topological polar surface area (TPSA) is 41.5 Å². The zero-order chi connectivity index (χ0) is 25.2. The number of aliphatic hydroxyl groups is 1. The molecule has 3 heteroatoms. The van der Waals surface area contributed by atoms with Crippen molar-refractivity contribution in [2.45, 2.75) is 91.1 Å². The van der Waals surface area contributed by atoms with Gasteiger partial charge in [0.15, 0.2) is 0 Å². The molecule has 2 N–H and O–H groups in total. The minimum atomic E-state index is -0.538. The van der Waals surface area contributed by atoms with Gasteiger partial charge in [0.25, 0.3) is 0 Å². The van der Waals surface area contributed by atoms with Crippen LogP contribution in [0.1, 0.15) is 96.4 Å². The summed E-state index contributed by atoms with van der Waals surface area (Å²) in [5, 5.41) is 13.9. The summed E-state index contributed by atoms with van der Waals surface area (Å²) >= 11 is 0. The lowest BCUT2D eigenvalue weighted by atomic mass is 9.78. The van der Waals surface area contributed by atoms with Crippen molar-refractivity contribution in [3.8, 4) is 5.75 Å². The second-order valence-corrected chi connectivity index (χ2v) is 11.4. The van der Waals surface area contributed by atoms with Gasteiger partial charge in [0.05, 0.1) is 0 Å². The third-order valence-corrected chi connectivity index (χ3v) is 6.00. The number of hydrogen-bond acceptors (Lipinski definition) is 3. The van der Waals surface area contributed by atoms with Crippen LogP contribution < -0.4 is 10.1 Å². The Labute approximate surface area is 208 Å². The van der Waals surface area contributed by atoms with Gasteiger partial charge in [-0.1, -0.05) is 110 Å². The molecule has 0 aliphatic rings. The van der Waals surface area contributed by atoms with Gasteiger partial charge in [-0.2, -0.15) is 0 Å². The molecule has 0 radical (unpaired) electrons. The summed E-state index contributed by atoms with van der Waals surface area (Å²) in [6, 6.07) is 14.9. The van der Waals surface area contributed by atoms with E-state index < -0.39 is 6.10 Å². The van der Waals surface area contributed by atoms with Crippen LogP contribution in [-0.4, -0.2) is 30.9 Å². The minimum Gasteiger partial charge on any atom is -0.490 e. The molecule has 0 aromatic heterocycles. The van der Waals surface area contributed by atoms with Crippen LogP contribution in [0, 0.1) is 0 Å². The first kappa shape index (κ1) is 28.1. The molecule has 0 bridgehead atoms. The summed E-state index contributed by atoms with van der Waals surface area (Å²) in [4.78, 5) is 0. The lowest BCUT2D eigenvalue weighted by Crippen LogP contribution is -2.32. The highest BCUT2D eigenvalue weighted by molar-refractivity contribution is 5.71. The molecule has 0 amide bonds. The number of unbranched alkanes of at least 4 members (excludes halogenated alkanes) is 3. The van der Waals surface area contributed by atoms with Gasteiger partial charge in [0.2, 0.25) is 0 Å². The molecule has 0 saturated carbocycles. The minimum absolute atomic E-state index is 0.0889. The number of benzene rings is 2. The Balaban J connectivity index is 2.23. The Morgan fingerprint density at radius 1 is 0.853 bits per heavy atom. The molecule has 0 saturated heterocycles. The average molecular weight is 466 g/mol. The number of nitrogens with one attached hydrogen (secondary N) is 1. The first-order chi connectivity index (χ1) is 16.0. The smallest absolute Gasteiger partial charge is 0.126 e. The van der Waals surface area contributed by atoms with Crippen molar-refractivity contribution in [3.05, 3.63) is 64.7 Å². The summed E-state index contributed by atoms with van der Waals surface area (Å²) in [6.07, 6.45) is 8.71. The normalized spacial score (nSPS) is 13.4. The summed E-state index contributed by atoms with van der Waals surface area (Å²) in [6.45, 7) is 17.3. The third kappa shape index (κ3) is 9.27. The largest absolute Gasteiger partial charge is 0.490 e. The Morgan fingerprint density at radius 3 is 2.00 bits per heavy atom. The lowest BCUT2D eigenvalue weighted by Gasteiger charge is -2.31. The van der Waals surface area contributed by atoms with E-state index in [1.165, 1.54) is 41.5 Å². The van der Waals surface area contributed by atoms with Crippen LogP contribution in [0.5, 0.6) is 5.75 Å². The third-order valence-electron chi connectivity index (χ3n) is 6.00. The fraction of sp³-hybridized carbons (Fsp3) is 0.548. The van der Waals surface area contributed by atoms with Crippen LogP contribution in [0.3, 0.4) is 0 Å². The molecular formula is C31H47NO2. The van der Waals surface area contributed by atoms with Gasteiger partial charge in [-0.25, -0.2) is 0 Å². The summed E-state index contributed by atoms with van der Waals surface area (Å²) < 4.78 is 6.38. The molecule has 0 heterocycles. The van der Waals surface area contributed by atoms with Crippen molar-refractivity contribution in [2.75, 3.05) is 19.7 Å². The summed E-state index contributed by atoms with van der Waals surface area (Å²) in [7, 11) is 0. The first-order valence-electron chi connectivity index (χ1n) is 13.0. The maximum atomic E-state index is 10.6. The van der Waals surface area contributed by atoms with Crippen molar-refractivity contribution in [3.63, 3.8) is 0 Å². The van der Waals surface area contributed by atoms with Crippen molar-refractivity contribution in [1.82, 2.24) is 5.32 Å². The van der Waals surface area contributed by atoms with E-state index in [-0.39, 0.29) is 17.4 Å². The van der Waals surface area contributed by atoms with E-state index in [0.29, 0.717) is 6.54 Å². The summed E-state index contributed by atoms with van der Waals surface area (Å²) in [5.74, 6) is 0.916. The predicted octanol–water partition coefficient (Wildman–Crippen LogP) is 7.36. The van der Waals surface area contributed by atoms with E-state index in [1.807, 2.05) is 6.07 Å². The standard InChI is InChI=1S/C31H47NO2/c1-8-9-10-14-19-32-22-26(33)23-34-29-27(30(2,3)4)20-25(21-28(29)31(5,6)7)18-17-24-15-12-11-13-16-24/h11-13,15-18,20-21,26,32-33H,8-10,14,19,22-23H2,1-7H3/b18-17+. The molecule has 2 rings (SSSR count). The SMILES string of the molecule is CCCCCCNCC(O)COc1c(C(C)(C)C)cc(/C=C/c2ccccc2)cc1C(C)(C)C. The molecule has 1 unspecified atom stereocenters. The predicted molar refractivity (Wildman–Crippen MR) is 148 cm³/mol. The van der Waals surface area contributed by atoms with Gasteiger partial charge < -0.3 is 15.2 Å². The molecule has 1 atom stereocenters. The maximum Gasteiger partial charge on any atom is 0.126 e. The fourth-order valence-corrected chi connectivity index (χ4v) is 3.96. The number of ether oxygens (including phenoxy) is 1. The van der Waals surface area contributed by atoms with E-state index in [9.17, 15) is 5.11 Å². The molecule has 0 aliphatic carbocycles. The van der Waals surface area contributed by atoms with Crippen LogP contribution in [0.15, 0.2) is 42.5 Å². The number of rotatable bonds is 12. The molecule has 2 aromatic rings. The summed E-state index contributed by atoms with van der Waals surface area (Å²) in [5.41, 5.74) is 4.52. The van der Waals surface area contributed by atoms with E-state index in [1.54, 1.807) is 0 Å². The van der Waals surface area contributed by atoms with Gasteiger partial charge in [0, 0.05) is 17.7 Å². The lowest BCUT2D eigenvalue weighted by molar-refractivity contribution is 0.104. The number of aliphatic hydroxyl groups excluding tert-OH is 1. The van der Waals surface area contributed by atoms with Gasteiger partial charge in [0.1, 0.15) is 18.5 Å². The highest BCUT2D eigenvalue weighted by atomic mass is 16.5. The van der Waals surface area contributed by atoms with Crippen LogP contribution in [0.2, 0.25) is 0 Å². The Morgan fingerprint density at radius 2 is 1.44 bits per heavy atom. The zero-order valence-electron chi connectivity index (χ0n) is 22.6. The highest BCUT2D eigenvalue weighted by Gasteiger charge is 2.28. The average Bonchev–Trinajstić information content (AvgIpc) is 2.77. The van der Waals surface area contributed by atoms with Gasteiger partial charge in [-0.05, 0) is 47.1 Å². The molecule has 34 heavy (non-hydrogen) atoms. The molecule has 0 spiro atoms. The van der Waals surface area contributed by atoms with Crippen LogP contribution in [0.25, 0.3) is 12.2 Å². The van der Waals surface area contributed by atoms with Crippen molar-refractivity contribution >= 4 is 12.2 Å². The van der Waals surface area contributed by atoms with Crippen molar-refractivity contribution in [2.24, 2.45) is 0 Å². The van der Waals surface area contributed by atoms with Crippen LogP contribution in [-0.2, 0) is 10.8 Å². The molecule has 188 valence electrons. The van der Waals surface area contributed by atoms with Crippen LogP contribution in [0.4, 0.5) is 0 Å². The quantitative estimate of drug-likeness (QED) is 0.254. The van der Waals surface area contributed by atoms with Gasteiger partial charge in [-0.15, -0.1) is 0 Å².